The molecular weight excluding hydrogens is 508 g/mol. The van der Waals surface area contributed by atoms with Crippen LogP contribution >= 0.6 is 0 Å². The molecule has 1 saturated heterocycles. The Morgan fingerprint density at radius 1 is 0.800 bits per heavy atom. The fourth-order valence-corrected chi connectivity index (χ4v) is 5.71. The van der Waals surface area contributed by atoms with Gasteiger partial charge in [-0.2, -0.15) is 0 Å². The third kappa shape index (κ3) is 5.27. The van der Waals surface area contributed by atoms with Crippen LogP contribution in [0, 0.1) is 6.92 Å². The van der Waals surface area contributed by atoms with Crippen LogP contribution in [0.2, 0.25) is 0 Å². The van der Waals surface area contributed by atoms with E-state index in [4.69, 9.17) is 9.47 Å². The van der Waals surface area contributed by atoms with Crippen LogP contribution in [0.1, 0.15) is 49.8 Å². The highest BCUT2D eigenvalue weighted by Gasteiger charge is 2.44. The number of esters is 1. The van der Waals surface area contributed by atoms with E-state index in [1.54, 1.807) is 0 Å². The zero-order valence-electron chi connectivity index (χ0n) is 22.5. The molecular formula is C33H34O7. The number of aliphatic hydroxyl groups excluding tert-OH is 4. The van der Waals surface area contributed by atoms with Gasteiger partial charge >= 0.3 is 5.97 Å². The molecule has 0 bridgehead atoms. The minimum atomic E-state index is -1.47. The van der Waals surface area contributed by atoms with Gasteiger partial charge in [0.25, 0.3) is 0 Å². The van der Waals surface area contributed by atoms with Gasteiger partial charge in [0.15, 0.2) is 0 Å². The Morgan fingerprint density at radius 3 is 2.12 bits per heavy atom. The summed E-state index contributed by atoms with van der Waals surface area (Å²) in [6.45, 7) is 1.38. The van der Waals surface area contributed by atoms with Crippen LogP contribution in [0.15, 0.2) is 78.9 Å². The maximum absolute atomic E-state index is 13.2. The first-order valence-corrected chi connectivity index (χ1v) is 13.4. The normalized spacial score (nSPS) is 22.8. The largest absolute Gasteiger partial charge is 0.465 e. The average molecular weight is 543 g/mol. The Morgan fingerprint density at radius 2 is 1.45 bits per heavy atom. The molecule has 2 aliphatic carbocycles. The molecule has 7 heteroatoms. The summed E-state index contributed by atoms with van der Waals surface area (Å²) in [4.78, 5) is 13.2. The number of hydrogen-bond acceptors (Lipinski definition) is 7. The lowest BCUT2D eigenvalue weighted by Gasteiger charge is -2.40. The monoisotopic (exact) mass is 542 g/mol. The number of aliphatic hydroxyl groups is 4. The number of methoxy groups -OCH3 is 1. The van der Waals surface area contributed by atoms with Crippen LogP contribution in [0.25, 0.3) is 11.1 Å². The van der Waals surface area contributed by atoms with Gasteiger partial charge in [0.2, 0.25) is 0 Å². The topological polar surface area (TPSA) is 116 Å². The highest BCUT2D eigenvalue weighted by molar-refractivity contribution is 6.02. The molecule has 5 rings (SSSR count). The quantitative estimate of drug-likeness (QED) is 0.264. The first-order valence-electron chi connectivity index (χ1n) is 13.4. The molecule has 4 N–H and O–H groups in total. The summed E-state index contributed by atoms with van der Waals surface area (Å²) in [5.74, 6) is -0.410. The van der Waals surface area contributed by atoms with Gasteiger partial charge in [-0.25, -0.2) is 4.79 Å². The fraction of sp³-hybridized carbons (Fsp3) is 0.303. The molecule has 5 atom stereocenters. The lowest BCUT2D eigenvalue weighted by atomic mass is 9.87. The molecule has 40 heavy (non-hydrogen) atoms. The number of aryl methyl sites for hydroxylation is 1. The van der Waals surface area contributed by atoms with E-state index in [2.05, 4.69) is 12.1 Å². The van der Waals surface area contributed by atoms with Crippen LogP contribution in [0.5, 0.6) is 0 Å². The Hall–Kier alpha value is -3.59. The van der Waals surface area contributed by atoms with Gasteiger partial charge in [-0.15, -0.1) is 0 Å². The molecule has 2 aromatic rings. The molecule has 0 saturated carbocycles. The Kier molecular flexibility index (Phi) is 8.30. The van der Waals surface area contributed by atoms with Crippen LogP contribution in [-0.2, 0) is 22.3 Å². The summed E-state index contributed by atoms with van der Waals surface area (Å²) in [6.07, 6.45) is -5.19. The predicted octanol–water partition coefficient (Wildman–Crippen LogP) is 3.58. The van der Waals surface area contributed by atoms with Crippen LogP contribution < -0.4 is 0 Å². The number of benzene rings is 2. The van der Waals surface area contributed by atoms with Gasteiger partial charge in [-0.05, 0) is 64.3 Å². The van der Waals surface area contributed by atoms with Crippen LogP contribution in [-0.4, -0.2) is 64.5 Å². The minimum absolute atomic E-state index is 0.410. The number of ether oxygens (including phenoxy) is 2. The van der Waals surface area contributed by atoms with Gasteiger partial charge < -0.3 is 29.9 Å². The van der Waals surface area contributed by atoms with Crippen LogP contribution in [0.4, 0.5) is 0 Å². The zero-order chi connectivity index (χ0) is 28.4. The summed E-state index contributed by atoms with van der Waals surface area (Å²) in [7, 11) is 1.38. The highest BCUT2D eigenvalue weighted by Crippen LogP contribution is 2.40. The van der Waals surface area contributed by atoms with Crippen molar-refractivity contribution in [1.29, 1.82) is 0 Å². The van der Waals surface area contributed by atoms with Gasteiger partial charge in [0.1, 0.15) is 30.5 Å². The molecule has 0 aromatic heterocycles. The van der Waals surface area contributed by atoms with E-state index in [1.165, 1.54) is 7.11 Å². The third-order valence-corrected chi connectivity index (χ3v) is 7.84. The molecule has 0 spiro atoms. The average Bonchev–Trinajstić information content (AvgIpc) is 3.09. The third-order valence-electron chi connectivity index (χ3n) is 7.84. The summed E-state index contributed by atoms with van der Waals surface area (Å²) in [5.41, 5.74) is 7.67. The van der Waals surface area contributed by atoms with Crippen molar-refractivity contribution < 1.29 is 34.7 Å². The van der Waals surface area contributed by atoms with E-state index in [9.17, 15) is 25.2 Å². The maximum Gasteiger partial charge on any atom is 0.338 e. The van der Waals surface area contributed by atoms with E-state index in [-0.39, 0.29) is 0 Å². The molecule has 208 valence electrons. The lowest BCUT2D eigenvalue weighted by Crippen LogP contribution is -2.55. The van der Waals surface area contributed by atoms with Crippen molar-refractivity contribution in [2.45, 2.75) is 50.3 Å². The van der Waals surface area contributed by atoms with Crippen molar-refractivity contribution in [3.63, 3.8) is 0 Å². The standard InChI is InChI=1S/C33H34O7/c1-19-13-14-21(16-24(19)32-31(37)30(36)29(35)27(18-34)40-32)17-26-25(15-20-9-5-3-6-10-20)22-11-7-4-8-12-23(22)28(26)33(38)39-2/h3-14,16,27,29-32,34-37H,15,17-18H2,1-2H3/t27-,29-,30+,31-,32+/m1/s1. The van der Waals surface area contributed by atoms with E-state index in [0.717, 1.165) is 38.9 Å². The minimum Gasteiger partial charge on any atom is -0.465 e. The number of rotatable bonds is 7. The number of carbonyl (C=O) groups excluding carboxylic acids is 1. The number of hydrogen-bond donors (Lipinski definition) is 4. The van der Waals surface area contributed by atoms with Crippen molar-refractivity contribution >= 4 is 5.97 Å². The molecule has 0 amide bonds. The first kappa shape index (κ1) is 28.0. The zero-order valence-corrected chi connectivity index (χ0v) is 22.5. The molecule has 7 nitrogen and oxygen atoms in total. The fourth-order valence-electron chi connectivity index (χ4n) is 5.71. The van der Waals surface area contributed by atoms with E-state index < -0.39 is 43.1 Å². The lowest BCUT2D eigenvalue weighted by molar-refractivity contribution is -0.231. The van der Waals surface area contributed by atoms with E-state index >= 15 is 0 Å². The maximum atomic E-state index is 13.2. The summed E-state index contributed by atoms with van der Waals surface area (Å²) in [5, 5.41) is 41.1. The van der Waals surface area contributed by atoms with Crippen molar-refractivity contribution in [2.75, 3.05) is 13.7 Å². The predicted molar refractivity (Wildman–Crippen MR) is 150 cm³/mol. The van der Waals surface area contributed by atoms with E-state index in [0.29, 0.717) is 24.0 Å². The Balaban J connectivity index is 1.62. The molecule has 1 fully saturated rings. The number of fused-ring (bicyclic) bond motifs is 1. The first-order chi connectivity index (χ1) is 19.3. The van der Waals surface area contributed by atoms with Crippen molar-refractivity contribution in [2.24, 2.45) is 0 Å². The van der Waals surface area contributed by atoms with Crippen molar-refractivity contribution in [1.82, 2.24) is 0 Å². The second-order valence-corrected chi connectivity index (χ2v) is 10.3. The second-order valence-electron chi connectivity index (χ2n) is 10.3. The Bertz CT molecular complexity index is 1450. The summed E-state index contributed by atoms with van der Waals surface area (Å²) >= 11 is 0. The smallest absolute Gasteiger partial charge is 0.338 e. The van der Waals surface area contributed by atoms with Crippen LogP contribution in [0.3, 0.4) is 0 Å². The molecule has 0 unspecified atom stereocenters. The summed E-state index contributed by atoms with van der Waals surface area (Å²) < 4.78 is 11.1. The summed E-state index contributed by atoms with van der Waals surface area (Å²) in [6, 6.07) is 25.6. The molecule has 2 aromatic carbocycles. The van der Waals surface area contributed by atoms with Crippen molar-refractivity contribution in [3.05, 3.63) is 118 Å². The molecule has 1 aliphatic heterocycles. The number of carbonyl (C=O) groups is 1. The van der Waals surface area contributed by atoms with Crippen molar-refractivity contribution in [3.8, 4) is 11.1 Å². The van der Waals surface area contributed by atoms with E-state index in [1.807, 2.05) is 73.7 Å². The van der Waals surface area contributed by atoms with Gasteiger partial charge in [0, 0.05) is 0 Å². The highest BCUT2D eigenvalue weighted by atomic mass is 16.5. The van der Waals surface area contributed by atoms with Gasteiger partial charge in [0.05, 0.1) is 19.3 Å². The molecule has 1 heterocycles. The van der Waals surface area contributed by atoms with Gasteiger partial charge in [-0.3, -0.25) is 0 Å². The van der Waals surface area contributed by atoms with Gasteiger partial charge in [-0.1, -0.05) is 78.9 Å². The molecule has 0 radical (unpaired) electrons. The Labute approximate surface area is 233 Å². The SMILES string of the molecule is COC(=O)c1c2cccccc-2c(Cc2ccccc2)c1Cc1ccc(C)c([C@@H]2O[C@H](CO)[C@@H](O)[C@H](O)[C@H]2O)c1. The molecule has 3 aliphatic rings. The second kappa shape index (κ2) is 11.9.